The molecule has 0 spiro atoms. The summed E-state index contributed by atoms with van der Waals surface area (Å²) in [7, 11) is -2.82. The lowest BCUT2D eigenvalue weighted by molar-refractivity contribution is -0.142. The Bertz CT molecular complexity index is 579. The number of methoxy groups -OCH3 is 1. The number of nitrogens with zero attached hydrogens (tertiary/aromatic N) is 2. The Morgan fingerprint density at radius 1 is 1.58 bits per heavy atom. The van der Waals surface area contributed by atoms with Crippen molar-refractivity contribution in [2.24, 2.45) is 0 Å². The molecule has 1 heterocycles. The number of aliphatic carboxylic acids is 1. The highest BCUT2D eigenvalue weighted by Gasteiger charge is 2.23. The van der Waals surface area contributed by atoms with E-state index in [1.165, 1.54) is 6.92 Å². The molecule has 0 amide bonds. The summed E-state index contributed by atoms with van der Waals surface area (Å²) in [5, 5.41) is 12.1. The van der Waals surface area contributed by atoms with Gasteiger partial charge in [0.15, 0.2) is 0 Å². The molecule has 1 aromatic rings. The van der Waals surface area contributed by atoms with E-state index in [1.807, 2.05) is 0 Å². The van der Waals surface area contributed by atoms with Gasteiger partial charge < -0.3 is 9.84 Å². The van der Waals surface area contributed by atoms with Gasteiger partial charge in [-0.15, -0.1) is 0 Å². The maximum atomic E-state index is 11.8. The minimum absolute atomic E-state index is 0.232. The van der Waals surface area contributed by atoms with E-state index in [4.69, 9.17) is 5.11 Å². The predicted molar refractivity (Wildman–Crippen MR) is 61.7 cm³/mol. The van der Waals surface area contributed by atoms with E-state index >= 15 is 0 Å². The minimum Gasteiger partial charge on any atom is -0.480 e. The summed E-state index contributed by atoms with van der Waals surface area (Å²) >= 11 is 0. The van der Waals surface area contributed by atoms with E-state index in [1.54, 1.807) is 0 Å². The van der Waals surface area contributed by atoms with Crippen LogP contribution in [0.2, 0.25) is 0 Å². The topological polar surface area (TPSA) is 128 Å². The Kier molecular flexibility index (Phi) is 4.62. The molecule has 0 saturated carbocycles. The Hall–Kier alpha value is -1.94. The van der Waals surface area contributed by atoms with Crippen molar-refractivity contribution in [3.63, 3.8) is 0 Å². The van der Waals surface area contributed by atoms with Gasteiger partial charge in [-0.2, -0.15) is 9.82 Å². The van der Waals surface area contributed by atoms with Crippen LogP contribution in [0, 0.1) is 0 Å². The van der Waals surface area contributed by atoms with Crippen LogP contribution in [0.25, 0.3) is 0 Å². The maximum absolute atomic E-state index is 11.8. The molecule has 2 N–H and O–H groups in total. The lowest BCUT2D eigenvalue weighted by Gasteiger charge is -2.10. The highest BCUT2D eigenvalue weighted by atomic mass is 32.2. The molecule has 10 heteroatoms. The molecule has 0 unspecified atom stereocenters. The molecule has 106 valence electrons. The lowest BCUT2D eigenvalue weighted by Crippen LogP contribution is -2.38. The number of carboxylic acid groups (broad SMARTS) is 1. The molecule has 0 aliphatic carbocycles. The molecule has 0 bridgehead atoms. The van der Waals surface area contributed by atoms with Crippen molar-refractivity contribution in [3.8, 4) is 0 Å². The summed E-state index contributed by atoms with van der Waals surface area (Å²) in [5.41, 5.74) is 0. The lowest BCUT2D eigenvalue weighted by atomic mass is 10.4. The van der Waals surface area contributed by atoms with Crippen LogP contribution in [-0.4, -0.2) is 48.4 Å². The van der Waals surface area contributed by atoms with E-state index in [0.29, 0.717) is 0 Å². The van der Waals surface area contributed by atoms with Crippen LogP contribution in [0.1, 0.15) is 6.92 Å². The van der Waals surface area contributed by atoms with Gasteiger partial charge in [0.25, 0.3) is 0 Å². The normalized spacial score (nSPS) is 12.9. The summed E-state index contributed by atoms with van der Waals surface area (Å²) < 4.78 is 31.1. The van der Waals surface area contributed by atoms with Gasteiger partial charge in [0.2, 0.25) is 10.0 Å². The number of hydrogen-bond donors (Lipinski definition) is 2. The average molecular weight is 291 g/mol. The highest BCUT2D eigenvalue weighted by Crippen LogP contribution is 2.08. The van der Waals surface area contributed by atoms with Crippen LogP contribution in [0.15, 0.2) is 17.3 Å². The van der Waals surface area contributed by atoms with Gasteiger partial charge in [-0.25, -0.2) is 8.42 Å². The van der Waals surface area contributed by atoms with Crippen LogP contribution in [0.4, 0.5) is 0 Å². The molecule has 9 nitrogen and oxygen atoms in total. The zero-order valence-corrected chi connectivity index (χ0v) is 11.0. The first kappa shape index (κ1) is 15.1. The number of ether oxygens (including phenoxy) is 1. The first-order chi connectivity index (χ1) is 8.76. The molecule has 0 aromatic carbocycles. The van der Waals surface area contributed by atoms with Crippen LogP contribution >= 0.6 is 0 Å². The zero-order valence-electron chi connectivity index (χ0n) is 10.2. The maximum Gasteiger partial charge on any atom is 0.325 e. The van der Waals surface area contributed by atoms with Crippen molar-refractivity contribution in [2.75, 3.05) is 7.11 Å². The summed E-state index contributed by atoms with van der Waals surface area (Å²) in [6.45, 7) is 0.868. The number of esters is 1. The second-order valence-electron chi connectivity index (χ2n) is 3.63. The van der Waals surface area contributed by atoms with Gasteiger partial charge in [-0.1, -0.05) is 0 Å². The van der Waals surface area contributed by atoms with Crippen LogP contribution in [0.5, 0.6) is 0 Å². The third-order valence-electron chi connectivity index (χ3n) is 2.10. The van der Waals surface area contributed by atoms with E-state index < -0.39 is 34.5 Å². The number of hydrogen-bond acceptors (Lipinski definition) is 6. The standard InChI is InChI=1S/C9H13N3O6S/c1-6(9(15)18-2)11-19(16,17)7-3-10-12(4-7)5-8(13)14/h3-4,6,11H,5H2,1-2H3,(H,13,14)/t6-/m0/s1. The summed E-state index contributed by atoms with van der Waals surface area (Å²) in [6, 6.07) is -1.06. The van der Waals surface area contributed by atoms with E-state index in [2.05, 4.69) is 14.6 Å². The first-order valence-electron chi connectivity index (χ1n) is 5.10. The highest BCUT2D eigenvalue weighted by molar-refractivity contribution is 7.89. The van der Waals surface area contributed by atoms with Gasteiger partial charge in [-0.05, 0) is 6.92 Å². The minimum atomic E-state index is -3.96. The summed E-state index contributed by atoms with van der Waals surface area (Å²) in [4.78, 5) is 21.3. The van der Waals surface area contributed by atoms with Crippen molar-refractivity contribution >= 4 is 22.0 Å². The molecule has 0 radical (unpaired) electrons. The van der Waals surface area contributed by atoms with Gasteiger partial charge in [0.05, 0.1) is 13.3 Å². The zero-order chi connectivity index (χ0) is 14.6. The average Bonchev–Trinajstić information content (AvgIpc) is 2.75. The smallest absolute Gasteiger partial charge is 0.325 e. The number of nitrogens with one attached hydrogen (secondary N) is 1. The van der Waals surface area contributed by atoms with Gasteiger partial charge >= 0.3 is 11.9 Å². The number of aromatic nitrogens is 2. The third kappa shape index (κ3) is 4.03. The molecular formula is C9H13N3O6S. The van der Waals surface area contributed by atoms with Crippen molar-refractivity contribution in [1.29, 1.82) is 0 Å². The van der Waals surface area contributed by atoms with Crippen molar-refractivity contribution < 1.29 is 27.9 Å². The Morgan fingerprint density at radius 2 is 2.21 bits per heavy atom. The fourth-order valence-corrected chi connectivity index (χ4v) is 2.38. The first-order valence-corrected chi connectivity index (χ1v) is 6.59. The Balaban J connectivity index is 2.86. The Labute approximate surface area is 109 Å². The van der Waals surface area contributed by atoms with Crippen molar-refractivity contribution in [3.05, 3.63) is 12.4 Å². The number of sulfonamides is 1. The molecule has 1 atom stereocenters. The second kappa shape index (κ2) is 5.80. The number of rotatable bonds is 6. The quantitative estimate of drug-likeness (QED) is 0.630. The third-order valence-corrected chi connectivity index (χ3v) is 3.60. The fourth-order valence-electron chi connectivity index (χ4n) is 1.23. The van der Waals surface area contributed by atoms with Crippen molar-refractivity contribution in [2.45, 2.75) is 24.4 Å². The molecule has 1 aromatic heterocycles. The second-order valence-corrected chi connectivity index (χ2v) is 5.35. The number of carbonyl (C=O) groups excluding carboxylic acids is 1. The van der Waals surface area contributed by atoms with E-state index in [-0.39, 0.29) is 4.90 Å². The molecule has 0 fully saturated rings. The molecule has 0 saturated heterocycles. The predicted octanol–water partition coefficient (Wildman–Crippen LogP) is -1.19. The largest absolute Gasteiger partial charge is 0.480 e. The van der Waals surface area contributed by atoms with Crippen LogP contribution in [0.3, 0.4) is 0 Å². The van der Waals surface area contributed by atoms with E-state index in [9.17, 15) is 18.0 Å². The fraction of sp³-hybridized carbons (Fsp3) is 0.444. The van der Waals surface area contributed by atoms with Gasteiger partial charge in [0.1, 0.15) is 17.5 Å². The van der Waals surface area contributed by atoms with Gasteiger partial charge in [-0.3, -0.25) is 14.3 Å². The monoisotopic (exact) mass is 291 g/mol. The van der Waals surface area contributed by atoms with Crippen LogP contribution < -0.4 is 4.72 Å². The van der Waals surface area contributed by atoms with Gasteiger partial charge in [0, 0.05) is 6.20 Å². The summed E-state index contributed by atoms with van der Waals surface area (Å²) in [5.74, 6) is -1.88. The summed E-state index contributed by atoms with van der Waals surface area (Å²) in [6.07, 6.45) is 2.05. The van der Waals surface area contributed by atoms with Crippen molar-refractivity contribution in [1.82, 2.24) is 14.5 Å². The number of carbonyl (C=O) groups is 2. The molecule has 1 rings (SSSR count). The molecular weight excluding hydrogens is 278 g/mol. The molecule has 0 aliphatic heterocycles. The SMILES string of the molecule is COC(=O)[C@H](C)NS(=O)(=O)c1cnn(CC(=O)O)c1. The number of carboxylic acids is 1. The van der Waals surface area contributed by atoms with E-state index in [0.717, 1.165) is 24.2 Å². The molecule has 0 aliphatic rings. The Morgan fingerprint density at radius 3 is 2.74 bits per heavy atom. The van der Waals surface area contributed by atoms with Crippen LogP contribution in [-0.2, 0) is 30.9 Å². The molecule has 19 heavy (non-hydrogen) atoms.